The van der Waals surface area contributed by atoms with Crippen molar-refractivity contribution >= 4 is 12.1 Å². The second-order valence-electron chi connectivity index (χ2n) is 8.71. The molecular formula is C26H33FN2O2. The van der Waals surface area contributed by atoms with Gasteiger partial charge in [-0.05, 0) is 61.6 Å². The monoisotopic (exact) mass is 424 g/mol. The minimum Gasteiger partial charge on any atom is -0.303 e. The molecule has 1 fully saturated rings. The molecule has 1 saturated carbocycles. The van der Waals surface area contributed by atoms with E-state index in [9.17, 15) is 14.0 Å². The number of aryl methyl sites for hydroxylation is 1. The van der Waals surface area contributed by atoms with Crippen molar-refractivity contribution in [2.75, 3.05) is 6.67 Å². The van der Waals surface area contributed by atoms with Crippen molar-refractivity contribution < 1.29 is 14.0 Å². The zero-order valence-electron chi connectivity index (χ0n) is 18.4. The number of aromatic nitrogens is 2. The molecule has 2 aromatic rings. The molecule has 0 aliphatic heterocycles. The predicted molar refractivity (Wildman–Crippen MR) is 121 cm³/mol. The summed E-state index contributed by atoms with van der Waals surface area (Å²) in [4.78, 5) is 23.5. The van der Waals surface area contributed by atoms with Gasteiger partial charge < -0.3 is 4.79 Å². The van der Waals surface area contributed by atoms with Crippen LogP contribution >= 0.6 is 0 Å². The first-order chi connectivity index (χ1) is 15.1. The third-order valence-electron chi connectivity index (χ3n) is 6.65. The fourth-order valence-corrected chi connectivity index (χ4v) is 4.59. The summed E-state index contributed by atoms with van der Waals surface area (Å²) >= 11 is 0. The van der Waals surface area contributed by atoms with Crippen molar-refractivity contribution in [3.63, 3.8) is 0 Å². The van der Waals surface area contributed by atoms with Gasteiger partial charge in [-0.15, -0.1) is 0 Å². The number of carbonyl (C=O) groups is 2. The molecule has 1 unspecified atom stereocenters. The minimum atomic E-state index is -0.299. The molecule has 166 valence electrons. The summed E-state index contributed by atoms with van der Waals surface area (Å²) in [6.07, 6.45) is 8.74. The lowest BCUT2D eigenvalue weighted by Gasteiger charge is -2.31. The van der Waals surface area contributed by atoms with E-state index in [1.165, 1.54) is 0 Å². The molecule has 1 atom stereocenters. The molecule has 31 heavy (non-hydrogen) atoms. The normalized spacial score (nSPS) is 19.7. The van der Waals surface area contributed by atoms with Crippen molar-refractivity contribution in [3.05, 3.63) is 47.7 Å². The molecule has 4 nitrogen and oxygen atoms in total. The molecule has 0 N–H and O–H groups in total. The number of halogens is 1. The summed E-state index contributed by atoms with van der Waals surface area (Å²) in [6.45, 7) is 1.62. The first-order valence-corrected chi connectivity index (χ1v) is 11.6. The zero-order valence-corrected chi connectivity index (χ0v) is 18.4. The van der Waals surface area contributed by atoms with Crippen LogP contribution in [0.5, 0.6) is 0 Å². The zero-order chi connectivity index (χ0) is 22.1. The largest absolute Gasteiger partial charge is 0.303 e. The Morgan fingerprint density at radius 3 is 2.42 bits per heavy atom. The average Bonchev–Trinajstić information content (AvgIpc) is 2.83. The van der Waals surface area contributed by atoms with Crippen molar-refractivity contribution in [2.45, 2.75) is 70.6 Å². The molecule has 0 bridgehead atoms. The van der Waals surface area contributed by atoms with Crippen LogP contribution in [0, 0.1) is 11.8 Å². The van der Waals surface area contributed by atoms with E-state index < -0.39 is 0 Å². The molecule has 0 amide bonds. The van der Waals surface area contributed by atoms with Gasteiger partial charge in [-0.3, -0.25) is 9.18 Å². The summed E-state index contributed by atoms with van der Waals surface area (Å²) in [5.74, 6) is 1.02. The molecule has 0 saturated heterocycles. The van der Waals surface area contributed by atoms with E-state index in [4.69, 9.17) is 0 Å². The van der Waals surface area contributed by atoms with Crippen molar-refractivity contribution in [3.8, 4) is 11.3 Å². The van der Waals surface area contributed by atoms with Crippen LogP contribution in [0.2, 0.25) is 0 Å². The van der Waals surface area contributed by atoms with Gasteiger partial charge in [0.15, 0.2) is 0 Å². The summed E-state index contributed by atoms with van der Waals surface area (Å²) in [5.41, 5.74) is 3.59. The van der Waals surface area contributed by atoms with Crippen LogP contribution in [0.4, 0.5) is 4.39 Å². The van der Waals surface area contributed by atoms with Gasteiger partial charge in [0.25, 0.3) is 0 Å². The summed E-state index contributed by atoms with van der Waals surface area (Å²) in [5, 5.41) is 8.76. The van der Waals surface area contributed by atoms with Gasteiger partial charge in [0.2, 0.25) is 0 Å². The van der Waals surface area contributed by atoms with Crippen LogP contribution in [0.1, 0.15) is 75.5 Å². The maximum Gasteiger partial charge on any atom is 0.132 e. The highest BCUT2D eigenvalue weighted by Gasteiger charge is 2.29. The minimum absolute atomic E-state index is 0.220. The van der Waals surface area contributed by atoms with E-state index in [-0.39, 0.29) is 12.6 Å². The van der Waals surface area contributed by atoms with E-state index >= 15 is 0 Å². The number of ketones is 1. The molecule has 3 rings (SSSR count). The lowest BCUT2D eigenvalue weighted by molar-refractivity contribution is -0.119. The smallest absolute Gasteiger partial charge is 0.132 e. The molecule has 1 heterocycles. The van der Waals surface area contributed by atoms with Gasteiger partial charge in [-0.1, -0.05) is 44.0 Å². The number of aldehydes is 1. The van der Waals surface area contributed by atoms with Crippen molar-refractivity contribution in [1.82, 2.24) is 10.2 Å². The molecule has 0 radical (unpaired) electrons. The highest BCUT2D eigenvalue weighted by molar-refractivity contribution is 5.77. The molecule has 1 aliphatic carbocycles. The van der Waals surface area contributed by atoms with Gasteiger partial charge in [-0.25, -0.2) is 0 Å². The highest BCUT2D eigenvalue weighted by Crippen LogP contribution is 2.38. The second-order valence-corrected chi connectivity index (χ2v) is 8.71. The Balaban J connectivity index is 1.58. The molecule has 0 spiro atoms. The number of hydrogen-bond acceptors (Lipinski definition) is 4. The first kappa shape index (κ1) is 23.2. The van der Waals surface area contributed by atoms with Crippen LogP contribution in [0.25, 0.3) is 11.3 Å². The van der Waals surface area contributed by atoms with Crippen LogP contribution in [0.15, 0.2) is 36.4 Å². The number of rotatable bonds is 11. The Hall–Kier alpha value is -2.43. The first-order valence-electron chi connectivity index (χ1n) is 11.6. The van der Waals surface area contributed by atoms with Gasteiger partial charge in [0, 0.05) is 18.4 Å². The van der Waals surface area contributed by atoms with Gasteiger partial charge in [-0.2, -0.15) is 10.2 Å². The Labute approximate surface area is 184 Å². The van der Waals surface area contributed by atoms with E-state index in [0.717, 1.165) is 67.3 Å². The number of Topliss-reactive ketones (excluding diaryl/α,β-unsaturated/α-hetero) is 1. The third-order valence-corrected chi connectivity index (χ3v) is 6.65. The summed E-state index contributed by atoms with van der Waals surface area (Å²) in [6, 6.07) is 11.8. The Kier molecular flexibility index (Phi) is 8.86. The van der Waals surface area contributed by atoms with E-state index in [1.54, 1.807) is 0 Å². The van der Waals surface area contributed by atoms with Gasteiger partial charge in [0.1, 0.15) is 12.1 Å². The number of alkyl halides is 1. The quantitative estimate of drug-likeness (QED) is 0.422. The molecule has 1 aromatic heterocycles. The van der Waals surface area contributed by atoms with E-state index in [2.05, 4.69) is 10.2 Å². The Bertz CT molecular complexity index is 827. The molecule has 1 aromatic carbocycles. The van der Waals surface area contributed by atoms with E-state index in [1.807, 2.05) is 43.3 Å². The van der Waals surface area contributed by atoms with Crippen molar-refractivity contribution in [1.29, 1.82) is 0 Å². The van der Waals surface area contributed by atoms with Gasteiger partial charge in [0.05, 0.1) is 24.0 Å². The third kappa shape index (κ3) is 6.52. The number of hydrogen-bond donors (Lipinski definition) is 0. The van der Waals surface area contributed by atoms with Gasteiger partial charge >= 0.3 is 0 Å². The van der Waals surface area contributed by atoms with Crippen LogP contribution in [-0.4, -0.2) is 28.9 Å². The lowest BCUT2D eigenvalue weighted by Crippen LogP contribution is -2.23. The number of benzene rings is 1. The number of nitrogens with zero attached hydrogens (tertiary/aromatic N) is 2. The van der Waals surface area contributed by atoms with Crippen LogP contribution in [-0.2, 0) is 16.0 Å². The van der Waals surface area contributed by atoms with Crippen LogP contribution < -0.4 is 0 Å². The Morgan fingerprint density at radius 1 is 1.10 bits per heavy atom. The van der Waals surface area contributed by atoms with Crippen LogP contribution in [0.3, 0.4) is 0 Å². The second kappa shape index (κ2) is 11.8. The van der Waals surface area contributed by atoms with E-state index in [0.29, 0.717) is 36.9 Å². The van der Waals surface area contributed by atoms with Crippen molar-refractivity contribution in [2.24, 2.45) is 11.8 Å². The molecule has 1 aliphatic rings. The highest BCUT2D eigenvalue weighted by atomic mass is 19.1. The molecular weight excluding hydrogens is 391 g/mol. The maximum absolute atomic E-state index is 12.3. The molecule has 5 heteroatoms. The Morgan fingerprint density at radius 2 is 1.84 bits per heavy atom. The predicted octanol–water partition coefficient (Wildman–Crippen LogP) is 5.89. The number of carbonyl (C=O) groups excluding carboxylic acids is 2. The maximum atomic E-state index is 12.3. The lowest BCUT2D eigenvalue weighted by atomic mass is 9.74. The fraction of sp³-hybridized carbons (Fsp3) is 0.538. The SMILES string of the molecule is CCC(=O)CCC1CCC(C(C=O)c2ccc(-c3ccc(CCCF)cc3)nn2)CC1. The average molecular weight is 425 g/mol. The summed E-state index contributed by atoms with van der Waals surface area (Å²) in [7, 11) is 0. The standard InChI is InChI=1S/C26H33FN2O2/c1-2-23(31)14-9-20-5-10-21(11-6-20)24(18-30)26-16-15-25(28-29-26)22-12-7-19(8-13-22)4-3-17-27/h7-8,12-13,15-16,18,20-21,24H,2-6,9-11,14,17H2,1H3. The summed E-state index contributed by atoms with van der Waals surface area (Å²) < 4.78 is 12.3. The topological polar surface area (TPSA) is 59.9 Å². The fourth-order valence-electron chi connectivity index (χ4n) is 4.59.